The lowest BCUT2D eigenvalue weighted by molar-refractivity contribution is 0.00578. The Labute approximate surface area is 164 Å². The smallest absolute Gasteiger partial charge is 0.495 e. The van der Waals surface area contributed by atoms with Crippen LogP contribution in [0.25, 0.3) is 0 Å². The van der Waals surface area contributed by atoms with Crippen molar-refractivity contribution in [2.24, 2.45) is 5.92 Å². The third kappa shape index (κ3) is 4.13. The predicted molar refractivity (Wildman–Crippen MR) is 109 cm³/mol. The van der Waals surface area contributed by atoms with Crippen LogP contribution in [-0.4, -0.2) is 50.5 Å². The molecule has 2 aliphatic heterocycles. The van der Waals surface area contributed by atoms with Crippen molar-refractivity contribution in [3.8, 4) is 11.5 Å². The van der Waals surface area contributed by atoms with E-state index in [1.54, 1.807) is 14.2 Å². The number of likely N-dealkylation sites (tertiary alicyclic amines) is 1. The average Bonchev–Trinajstić information content (AvgIpc) is 2.82. The first kappa shape index (κ1) is 20.5. The Hall–Kier alpha value is -1.24. The van der Waals surface area contributed by atoms with Gasteiger partial charge in [-0.15, -0.1) is 0 Å². The molecular formula is C21H34BNO4. The third-order valence-corrected chi connectivity index (χ3v) is 6.28. The zero-order valence-corrected chi connectivity index (χ0v) is 17.9. The van der Waals surface area contributed by atoms with Crippen molar-refractivity contribution in [2.45, 2.75) is 65.2 Å². The molecule has 0 aromatic heterocycles. The second kappa shape index (κ2) is 7.65. The molecule has 1 aromatic carbocycles. The summed E-state index contributed by atoms with van der Waals surface area (Å²) in [5.74, 6) is 2.40. The number of hydrogen-bond acceptors (Lipinski definition) is 5. The van der Waals surface area contributed by atoms with E-state index in [0.717, 1.165) is 48.1 Å². The van der Waals surface area contributed by atoms with Crippen molar-refractivity contribution in [3.63, 3.8) is 0 Å². The maximum absolute atomic E-state index is 6.21. The first-order chi connectivity index (χ1) is 12.7. The molecule has 1 aromatic rings. The van der Waals surface area contributed by atoms with Crippen molar-refractivity contribution in [1.29, 1.82) is 0 Å². The van der Waals surface area contributed by atoms with Gasteiger partial charge in [-0.3, -0.25) is 4.90 Å². The summed E-state index contributed by atoms with van der Waals surface area (Å²) in [6.45, 7) is 13.6. The summed E-state index contributed by atoms with van der Waals surface area (Å²) in [4.78, 5) is 2.49. The number of rotatable bonds is 5. The van der Waals surface area contributed by atoms with Gasteiger partial charge in [0.15, 0.2) is 0 Å². The lowest BCUT2D eigenvalue weighted by atomic mass is 9.78. The summed E-state index contributed by atoms with van der Waals surface area (Å²) in [5, 5.41) is 0. The Morgan fingerprint density at radius 2 is 1.63 bits per heavy atom. The number of benzene rings is 1. The number of nitrogens with zero attached hydrogens (tertiary/aromatic N) is 1. The topological polar surface area (TPSA) is 40.2 Å². The van der Waals surface area contributed by atoms with Gasteiger partial charge in [-0.25, -0.2) is 0 Å². The van der Waals surface area contributed by atoms with E-state index in [1.165, 1.54) is 12.8 Å². The molecule has 1 atom stereocenters. The zero-order chi connectivity index (χ0) is 19.8. The second-order valence-corrected chi connectivity index (χ2v) is 8.97. The van der Waals surface area contributed by atoms with Crippen LogP contribution in [0.2, 0.25) is 0 Å². The van der Waals surface area contributed by atoms with Crippen LogP contribution in [0, 0.1) is 5.92 Å². The van der Waals surface area contributed by atoms with Gasteiger partial charge in [0.1, 0.15) is 11.5 Å². The largest absolute Gasteiger partial charge is 0.496 e. The highest BCUT2D eigenvalue weighted by molar-refractivity contribution is 6.62. The maximum atomic E-state index is 6.21. The quantitative estimate of drug-likeness (QED) is 0.739. The lowest BCUT2D eigenvalue weighted by Gasteiger charge is -2.32. The molecule has 27 heavy (non-hydrogen) atoms. The molecule has 0 aliphatic carbocycles. The Kier molecular flexibility index (Phi) is 5.81. The maximum Gasteiger partial charge on any atom is 0.495 e. The van der Waals surface area contributed by atoms with Gasteiger partial charge in [0.2, 0.25) is 0 Å². The van der Waals surface area contributed by atoms with Crippen LogP contribution in [0.1, 0.15) is 53.0 Å². The summed E-state index contributed by atoms with van der Waals surface area (Å²) < 4.78 is 23.9. The van der Waals surface area contributed by atoms with Crippen molar-refractivity contribution in [1.82, 2.24) is 4.90 Å². The zero-order valence-electron chi connectivity index (χ0n) is 17.9. The van der Waals surface area contributed by atoms with Gasteiger partial charge in [0.25, 0.3) is 0 Å². The Balaban J connectivity index is 1.89. The van der Waals surface area contributed by atoms with Crippen molar-refractivity contribution >= 4 is 12.6 Å². The monoisotopic (exact) mass is 375 g/mol. The third-order valence-electron chi connectivity index (χ3n) is 6.28. The fraction of sp³-hybridized carbons (Fsp3) is 0.714. The highest BCUT2D eigenvalue weighted by Crippen LogP contribution is 2.38. The molecule has 2 saturated heterocycles. The van der Waals surface area contributed by atoms with Gasteiger partial charge >= 0.3 is 7.12 Å². The van der Waals surface area contributed by atoms with Gasteiger partial charge in [-0.1, -0.05) is 6.92 Å². The van der Waals surface area contributed by atoms with Crippen molar-refractivity contribution in [2.75, 3.05) is 27.3 Å². The minimum absolute atomic E-state index is 0.374. The highest BCUT2D eigenvalue weighted by Gasteiger charge is 2.52. The van der Waals surface area contributed by atoms with Crippen LogP contribution in [-0.2, 0) is 15.9 Å². The molecule has 0 radical (unpaired) electrons. The molecule has 0 bridgehead atoms. The summed E-state index contributed by atoms with van der Waals surface area (Å²) in [7, 11) is 3.00. The summed E-state index contributed by atoms with van der Waals surface area (Å²) in [6, 6.07) is 4.07. The molecule has 0 saturated carbocycles. The first-order valence-corrected chi connectivity index (χ1v) is 9.99. The lowest BCUT2D eigenvalue weighted by Crippen LogP contribution is -2.41. The van der Waals surface area contributed by atoms with Crippen LogP contribution in [0.5, 0.6) is 11.5 Å². The minimum atomic E-state index is -0.429. The second-order valence-electron chi connectivity index (χ2n) is 8.97. The molecule has 2 fully saturated rings. The van der Waals surface area contributed by atoms with Crippen molar-refractivity contribution < 1.29 is 18.8 Å². The molecular weight excluding hydrogens is 341 g/mol. The normalized spacial score (nSPS) is 24.9. The molecule has 0 amide bonds. The molecule has 5 nitrogen and oxygen atoms in total. The highest BCUT2D eigenvalue weighted by atomic mass is 16.7. The molecule has 150 valence electrons. The Morgan fingerprint density at radius 1 is 1.07 bits per heavy atom. The summed E-state index contributed by atoms with van der Waals surface area (Å²) in [6.07, 6.45) is 2.56. The Morgan fingerprint density at radius 3 is 2.11 bits per heavy atom. The van der Waals surface area contributed by atoms with Gasteiger partial charge in [0, 0.05) is 13.1 Å². The Bertz CT molecular complexity index is 635. The summed E-state index contributed by atoms with van der Waals surface area (Å²) >= 11 is 0. The van der Waals surface area contributed by atoms with E-state index in [0.29, 0.717) is 0 Å². The van der Waals surface area contributed by atoms with Crippen molar-refractivity contribution in [3.05, 3.63) is 17.7 Å². The molecule has 6 heteroatoms. The average molecular weight is 375 g/mol. The van der Waals surface area contributed by atoms with Crippen LogP contribution in [0.15, 0.2) is 12.1 Å². The van der Waals surface area contributed by atoms with E-state index >= 15 is 0 Å². The van der Waals surface area contributed by atoms with E-state index in [2.05, 4.69) is 39.5 Å². The van der Waals surface area contributed by atoms with E-state index in [9.17, 15) is 0 Å². The molecule has 2 aliphatic rings. The summed E-state index contributed by atoms with van der Waals surface area (Å²) in [5.41, 5.74) is 1.27. The van der Waals surface area contributed by atoms with E-state index in [4.69, 9.17) is 18.8 Å². The van der Waals surface area contributed by atoms with Crippen LogP contribution >= 0.6 is 0 Å². The number of methoxy groups -OCH3 is 2. The number of piperidine rings is 1. The SMILES string of the molecule is COc1cc(B2OC(C)(C)C(C)(C)O2)cc(OC)c1CN1CCCC(C)C1. The fourth-order valence-electron chi connectivity index (χ4n) is 3.93. The first-order valence-electron chi connectivity index (χ1n) is 9.99. The minimum Gasteiger partial charge on any atom is -0.496 e. The van der Waals surface area contributed by atoms with Crippen LogP contribution < -0.4 is 14.9 Å². The van der Waals surface area contributed by atoms with E-state index < -0.39 is 7.12 Å². The number of hydrogen-bond donors (Lipinski definition) is 0. The fourth-order valence-corrected chi connectivity index (χ4v) is 3.93. The van der Waals surface area contributed by atoms with Gasteiger partial charge in [0.05, 0.1) is 31.0 Å². The van der Waals surface area contributed by atoms with Crippen LogP contribution in [0.3, 0.4) is 0 Å². The number of ether oxygens (including phenoxy) is 2. The van der Waals surface area contributed by atoms with Crippen LogP contribution in [0.4, 0.5) is 0 Å². The predicted octanol–water partition coefficient (Wildman–Crippen LogP) is 3.23. The standard InChI is InChI=1S/C21H34BNO4/c1-15-9-8-10-23(13-15)14-17-18(24-6)11-16(12-19(17)25-7)22-26-20(2,3)21(4,5)27-22/h11-12,15H,8-10,13-14H2,1-7H3. The molecule has 0 N–H and O–H groups in total. The van der Waals surface area contributed by atoms with Gasteiger partial charge in [-0.2, -0.15) is 0 Å². The molecule has 3 rings (SSSR count). The molecule has 1 unspecified atom stereocenters. The van der Waals surface area contributed by atoms with Gasteiger partial charge < -0.3 is 18.8 Å². The molecule has 0 spiro atoms. The molecule has 2 heterocycles. The van der Waals surface area contributed by atoms with E-state index in [1.807, 2.05) is 12.1 Å². The van der Waals surface area contributed by atoms with Gasteiger partial charge in [-0.05, 0) is 70.6 Å². The van der Waals surface area contributed by atoms with E-state index in [-0.39, 0.29) is 11.2 Å².